The molecule has 6 heteroatoms. The smallest absolute Gasteiger partial charge is 0.161 e. The van der Waals surface area contributed by atoms with Gasteiger partial charge in [-0.3, -0.25) is 9.59 Å². The van der Waals surface area contributed by atoms with Crippen molar-refractivity contribution in [3.05, 3.63) is 140 Å². The van der Waals surface area contributed by atoms with Crippen LogP contribution < -0.4 is 0 Å². The highest BCUT2D eigenvalue weighted by Crippen LogP contribution is 2.42. The first-order chi connectivity index (χ1) is 20.2. The van der Waals surface area contributed by atoms with Gasteiger partial charge >= 0.3 is 0 Å². The lowest BCUT2D eigenvalue weighted by Crippen LogP contribution is -2.09. The molecule has 0 saturated heterocycles. The average molecular weight is 574 g/mol. The number of rotatable bonds is 8. The van der Waals surface area contributed by atoms with Crippen molar-refractivity contribution < 1.29 is 9.59 Å². The van der Waals surface area contributed by atoms with Gasteiger partial charge in [0.05, 0.1) is 11.8 Å². The average Bonchev–Trinajstić information content (AvgIpc) is 3.71. The highest BCUT2D eigenvalue weighted by molar-refractivity contribution is 7.19. The second kappa shape index (κ2) is 10.8. The van der Waals surface area contributed by atoms with Gasteiger partial charge < -0.3 is 15.0 Å². The van der Waals surface area contributed by atoms with Crippen LogP contribution in [-0.2, 0) is 0 Å². The first-order valence-electron chi connectivity index (χ1n) is 14.3. The van der Waals surface area contributed by atoms with Crippen LogP contribution in [0.25, 0.3) is 10.1 Å². The SMILES string of the molecule is CC(=O)c1c(C)[nH]c(C(c2ccccc2)c2ccc(C(c3cc4ccccc4s3)c3[nH]c(C)c(C(C)=O)c3C)[nH]2)c1C. The highest BCUT2D eigenvalue weighted by atomic mass is 32.1. The maximum atomic E-state index is 12.6. The van der Waals surface area contributed by atoms with E-state index in [0.29, 0.717) is 0 Å². The number of nitrogens with one attached hydrogen (secondary N) is 3. The van der Waals surface area contributed by atoms with Crippen molar-refractivity contribution >= 4 is 33.0 Å². The third-order valence-electron chi connectivity index (χ3n) is 8.45. The van der Waals surface area contributed by atoms with Crippen LogP contribution >= 0.6 is 11.3 Å². The van der Waals surface area contributed by atoms with Gasteiger partial charge in [0.25, 0.3) is 0 Å². The van der Waals surface area contributed by atoms with Crippen molar-refractivity contribution in [3.63, 3.8) is 0 Å². The predicted molar refractivity (Wildman–Crippen MR) is 171 cm³/mol. The standard InChI is InChI=1S/C36H35N3O2S/c1-19-31(23(5)40)21(3)37-35(19)33(25-12-8-7-9-13-25)27-16-17-28(39-27)34(30-18-26-14-10-11-15-29(26)42-30)36-20(2)32(24(6)41)22(4)38-36/h7-18,33-34,37-39H,1-6H3. The third kappa shape index (κ3) is 4.66. The molecule has 6 aromatic rings. The Morgan fingerprint density at radius 1 is 0.643 bits per heavy atom. The van der Waals surface area contributed by atoms with Crippen LogP contribution in [0.3, 0.4) is 0 Å². The van der Waals surface area contributed by atoms with Gasteiger partial charge in [0.15, 0.2) is 11.6 Å². The van der Waals surface area contributed by atoms with E-state index in [9.17, 15) is 9.59 Å². The summed E-state index contributed by atoms with van der Waals surface area (Å²) in [7, 11) is 0. The first kappa shape index (κ1) is 27.7. The fourth-order valence-electron chi connectivity index (χ4n) is 6.69. The van der Waals surface area contributed by atoms with Crippen molar-refractivity contribution in [2.24, 2.45) is 0 Å². The summed E-state index contributed by atoms with van der Waals surface area (Å²) in [6, 6.07) is 25.4. The van der Waals surface area contributed by atoms with E-state index in [1.165, 1.54) is 15.0 Å². The number of hydrogen-bond donors (Lipinski definition) is 3. The Hall–Kier alpha value is -4.42. The zero-order chi connectivity index (χ0) is 29.7. The molecular formula is C36H35N3O2S. The number of Topliss-reactive ketones (excluding diaryl/α,β-unsaturated/α-hetero) is 2. The molecule has 4 heterocycles. The van der Waals surface area contributed by atoms with Crippen LogP contribution in [0.5, 0.6) is 0 Å². The van der Waals surface area contributed by atoms with Crippen molar-refractivity contribution in [3.8, 4) is 0 Å². The van der Waals surface area contributed by atoms with Crippen LogP contribution in [0, 0.1) is 27.7 Å². The summed E-state index contributed by atoms with van der Waals surface area (Å²) in [4.78, 5) is 37.3. The number of H-pyrrole nitrogens is 3. The summed E-state index contributed by atoms with van der Waals surface area (Å²) in [5, 5.41) is 1.21. The largest absolute Gasteiger partial charge is 0.361 e. The van der Waals surface area contributed by atoms with Crippen LogP contribution in [0.15, 0.2) is 72.8 Å². The molecule has 0 aliphatic carbocycles. The second-order valence-electron chi connectivity index (χ2n) is 11.3. The molecule has 42 heavy (non-hydrogen) atoms. The Balaban J connectivity index is 1.55. The summed E-state index contributed by atoms with van der Waals surface area (Å²) >= 11 is 1.78. The topological polar surface area (TPSA) is 81.5 Å². The normalized spacial score (nSPS) is 13.0. The minimum atomic E-state index is -0.117. The van der Waals surface area contributed by atoms with Crippen molar-refractivity contribution in [2.45, 2.75) is 53.4 Å². The van der Waals surface area contributed by atoms with Gasteiger partial charge in [0, 0.05) is 54.9 Å². The molecule has 0 bridgehead atoms. The Morgan fingerprint density at radius 3 is 1.71 bits per heavy atom. The quantitative estimate of drug-likeness (QED) is 0.159. The Kier molecular flexibility index (Phi) is 7.11. The number of benzene rings is 2. The summed E-state index contributed by atoms with van der Waals surface area (Å²) < 4.78 is 1.23. The maximum Gasteiger partial charge on any atom is 0.161 e. The number of carbonyl (C=O) groups is 2. The van der Waals surface area contributed by atoms with Gasteiger partial charge in [-0.05, 0) is 87.9 Å². The van der Waals surface area contributed by atoms with Crippen molar-refractivity contribution in [1.29, 1.82) is 0 Å². The summed E-state index contributed by atoms with van der Waals surface area (Å²) in [6.45, 7) is 11.3. The zero-order valence-corrected chi connectivity index (χ0v) is 25.6. The molecule has 0 aliphatic heterocycles. The van der Waals surface area contributed by atoms with Crippen molar-refractivity contribution in [1.82, 2.24) is 15.0 Å². The first-order valence-corrected chi connectivity index (χ1v) is 15.1. The molecule has 0 spiro atoms. The fraction of sp³-hybridized carbons (Fsp3) is 0.222. The van der Waals surface area contributed by atoms with Gasteiger partial charge in [-0.2, -0.15) is 0 Å². The molecule has 3 N–H and O–H groups in total. The molecule has 0 amide bonds. The van der Waals surface area contributed by atoms with E-state index in [1.807, 2.05) is 33.8 Å². The molecular weight excluding hydrogens is 538 g/mol. The molecule has 212 valence electrons. The number of ketones is 2. The molecule has 0 fully saturated rings. The van der Waals surface area contributed by atoms with Crippen LogP contribution in [-0.4, -0.2) is 26.5 Å². The van der Waals surface area contributed by atoms with Crippen LogP contribution in [0.1, 0.15) is 102 Å². The van der Waals surface area contributed by atoms with E-state index in [-0.39, 0.29) is 23.4 Å². The third-order valence-corrected chi connectivity index (χ3v) is 9.63. The number of aryl methyl sites for hydroxylation is 2. The number of aromatic nitrogens is 3. The van der Waals surface area contributed by atoms with Gasteiger partial charge in [-0.15, -0.1) is 11.3 Å². The zero-order valence-electron chi connectivity index (χ0n) is 24.8. The molecule has 2 atom stereocenters. The Morgan fingerprint density at radius 2 is 1.17 bits per heavy atom. The molecule has 0 aliphatic rings. The predicted octanol–water partition coefficient (Wildman–Crippen LogP) is 8.88. The molecule has 0 saturated carbocycles. The van der Waals surface area contributed by atoms with Gasteiger partial charge in [0.2, 0.25) is 0 Å². The van der Waals surface area contributed by atoms with E-state index in [2.05, 4.69) is 81.7 Å². The highest BCUT2D eigenvalue weighted by Gasteiger charge is 2.30. The maximum absolute atomic E-state index is 12.6. The van der Waals surface area contributed by atoms with Crippen LogP contribution in [0.4, 0.5) is 0 Å². The second-order valence-corrected chi connectivity index (χ2v) is 12.4. The molecule has 4 aromatic heterocycles. The number of hydrogen-bond acceptors (Lipinski definition) is 3. The lowest BCUT2D eigenvalue weighted by atomic mass is 9.89. The number of aromatic amines is 3. The summed E-state index contributed by atoms with van der Waals surface area (Å²) in [5.74, 6) is -0.0966. The van der Waals surface area contributed by atoms with E-state index in [1.54, 1.807) is 25.2 Å². The lowest BCUT2D eigenvalue weighted by molar-refractivity contribution is 0.100. The lowest BCUT2D eigenvalue weighted by Gasteiger charge is -2.19. The van der Waals surface area contributed by atoms with Gasteiger partial charge in [0.1, 0.15) is 0 Å². The van der Waals surface area contributed by atoms with Gasteiger partial charge in [-0.1, -0.05) is 48.5 Å². The van der Waals surface area contributed by atoms with E-state index < -0.39 is 0 Å². The molecule has 2 unspecified atom stereocenters. The Labute approximate surface area is 250 Å². The number of carbonyl (C=O) groups excluding carboxylic acids is 2. The van der Waals surface area contributed by atoms with Gasteiger partial charge in [-0.25, -0.2) is 0 Å². The summed E-state index contributed by atoms with van der Waals surface area (Å²) in [5.41, 5.74) is 10.5. The van der Waals surface area contributed by atoms with Crippen molar-refractivity contribution in [2.75, 3.05) is 0 Å². The minimum Gasteiger partial charge on any atom is -0.361 e. The minimum absolute atomic E-state index is 0.0650. The van der Waals surface area contributed by atoms with Crippen LogP contribution in [0.2, 0.25) is 0 Å². The number of fused-ring (bicyclic) bond motifs is 1. The Bertz CT molecular complexity index is 1920. The monoisotopic (exact) mass is 573 g/mol. The summed E-state index contributed by atoms with van der Waals surface area (Å²) in [6.07, 6.45) is 0. The molecule has 2 aromatic carbocycles. The number of thiophene rings is 1. The van der Waals surface area contributed by atoms with E-state index in [4.69, 9.17) is 0 Å². The van der Waals surface area contributed by atoms with E-state index >= 15 is 0 Å². The molecule has 0 radical (unpaired) electrons. The molecule has 5 nitrogen and oxygen atoms in total. The van der Waals surface area contributed by atoms with E-state index in [0.717, 1.165) is 62.0 Å². The molecule has 6 rings (SSSR count). The fourth-order valence-corrected chi connectivity index (χ4v) is 7.89.